The fourth-order valence-electron chi connectivity index (χ4n) is 4.78. The minimum atomic E-state index is -0.920. The Balaban J connectivity index is 1.26. The van der Waals surface area contributed by atoms with Crippen molar-refractivity contribution in [3.05, 3.63) is 29.8 Å². The van der Waals surface area contributed by atoms with Crippen LogP contribution >= 0.6 is 0 Å². The van der Waals surface area contributed by atoms with Gasteiger partial charge in [0.15, 0.2) is 0 Å². The number of likely N-dealkylation sites (tertiary alicyclic amines) is 1. The number of hydrogen-bond acceptors (Lipinski definition) is 5. The zero-order valence-electron chi connectivity index (χ0n) is 19.0. The highest BCUT2D eigenvalue weighted by molar-refractivity contribution is 5.88. The Morgan fingerprint density at radius 2 is 1.38 bits per heavy atom. The molecule has 2 unspecified atom stereocenters. The van der Waals surface area contributed by atoms with Gasteiger partial charge in [0.25, 0.3) is 0 Å². The van der Waals surface area contributed by atoms with Crippen LogP contribution in [0.2, 0.25) is 0 Å². The van der Waals surface area contributed by atoms with Gasteiger partial charge in [0.2, 0.25) is 0 Å². The average molecular weight is 445 g/mol. The van der Waals surface area contributed by atoms with Crippen LogP contribution in [0.25, 0.3) is 0 Å². The van der Waals surface area contributed by atoms with Crippen molar-refractivity contribution in [3.8, 4) is 0 Å². The van der Waals surface area contributed by atoms with Gasteiger partial charge in [-0.05, 0) is 45.0 Å². The molecule has 3 saturated heterocycles. The average Bonchev–Trinajstić information content (AvgIpc) is 3.31. The van der Waals surface area contributed by atoms with Crippen LogP contribution < -0.4 is 4.90 Å². The topological polar surface area (TPSA) is 93.6 Å². The zero-order chi connectivity index (χ0) is 23.0. The molecule has 9 heteroatoms. The Labute approximate surface area is 188 Å². The van der Waals surface area contributed by atoms with Gasteiger partial charge in [-0.1, -0.05) is 0 Å². The number of amides is 3. The lowest BCUT2D eigenvalue weighted by Gasteiger charge is -2.37. The van der Waals surface area contributed by atoms with Crippen LogP contribution in [0.3, 0.4) is 0 Å². The molecule has 4 rings (SSSR count). The lowest BCUT2D eigenvalue weighted by atomic mass is 10.0. The number of benzene rings is 1. The standard InChI is InChI=1S/C23H32N4O5/c1-23(2,3)32-22(31)25-10-8-24(9-11-25)21(30)27-14-17-12-26(13-18(17)15-27)19-6-4-16(5-7-19)20(28)29/h4-7,17-18H,8-15H2,1-3H3,(H,28,29). The molecule has 32 heavy (non-hydrogen) atoms. The third-order valence-corrected chi connectivity index (χ3v) is 6.44. The number of rotatable bonds is 2. The fourth-order valence-corrected chi connectivity index (χ4v) is 4.78. The SMILES string of the molecule is CC(C)(C)OC(=O)N1CCN(C(=O)N2CC3CN(c4ccc(C(=O)O)cc4)CC3C2)CC1. The first kappa shape index (κ1) is 22.2. The third kappa shape index (κ3) is 4.76. The van der Waals surface area contributed by atoms with E-state index in [4.69, 9.17) is 9.84 Å². The number of urea groups is 1. The number of carboxylic acids is 1. The maximum absolute atomic E-state index is 13.0. The second-order valence-corrected chi connectivity index (χ2v) is 9.92. The molecule has 0 spiro atoms. The molecule has 3 aliphatic heterocycles. The first-order valence-corrected chi connectivity index (χ1v) is 11.2. The molecule has 3 aliphatic rings. The number of aromatic carboxylic acids is 1. The molecule has 1 aromatic carbocycles. The summed E-state index contributed by atoms with van der Waals surface area (Å²) in [5.41, 5.74) is 0.793. The molecular formula is C23H32N4O5. The molecule has 0 bridgehead atoms. The summed E-state index contributed by atoms with van der Waals surface area (Å²) in [4.78, 5) is 44.1. The van der Waals surface area contributed by atoms with Crippen LogP contribution in [0, 0.1) is 11.8 Å². The monoisotopic (exact) mass is 444 g/mol. The van der Waals surface area contributed by atoms with E-state index >= 15 is 0 Å². The zero-order valence-corrected chi connectivity index (χ0v) is 19.0. The van der Waals surface area contributed by atoms with Gasteiger partial charge in [0, 0.05) is 69.9 Å². The van der Waals surface area contributed by atoms with Crippen molar-refractivity contribution in [1.29, 1.82) is 0 Å². The smallest absolute Gasteiger partial charge is 0.410 e. The van der Waals surface area contributed by atoms with E-state index in [9.17, 15) is 14.4 Å². The van der Waals surface area contributed by atoms with Crippen LogP contribution in [0.5, 0.6) is 0 Å². The first-order valence-electron chi connectivity index (χ1n) is 11.2. The highest BCUT2D eigenvalue weighted by Crippen LogP contribution is 2.34. The fraction of sp³-hybridized carbons (Fsp3) is 0.609. The molecule has 3 amide bonds. The number of carbonyl (C=O) groups is 3. The summed E-state index contributed by atoms with van der Waals surface area (Å²) in [5.74, 6) is -0.0850. The minimum Gasteiger partial charge on any atom is -0.478 e. The van der Waals surface area contributed by atoms with Crippen LogP contribution in [0.15, 0.2) is 24.3 Å². The Morgan fingerprint density at radius 1 is 0.844 bits per heavy atom. The van der Waals surface area contributed by atoms with Crippen molar-refractivity contribution in [2.75, 3.05) is 57.3 Å². The quantitative estimate of drug-likeness (QED) is 0.753. The highest BCUT2D eigenvalue weighted by atomic mass is 16.6. The number of nitrogens with zero attached hydrogens (tertiary/aromatic N) is 4. The molecule has 0 aromatic heterocycles. The van der Waals surface area contributed by atoms with E-state index in [1.54, 1.807) is 17.0 Å². The van der Waals surface area contributed by atoms with Gasteiger partial charge in [-0.3, -0.25) is 0 Å². The normalized spacial score (nSPS) is 23.3. The highest BCUT2D eigenvalue weighted by Gasteiger charge is 2.43. The molecule has 9 nitrogen and oxygen atoms in total. The summed E-state index contributed by atoms with van der Waals surface area (Å²) in [6, 6.07) is 7.05. The summed E-state index contributed by atoms with van der Waals surface area (Å²) in [7, 11) is 0. The number of carboxylic acid groups (broad SMARTS) is 1. The van der Waals surface area contributed by atoms with Crippen molar-refractivity contribution < 1.29 is 24.2 Å². The van der Waals surface area contributed by atoms with Crippen LogP contribution in [0.1, 0.15) is 31.1 Å². The Bertz CT molecular complexity index is 859. The molecule has 2 atom stereocenters. The van der Waals surface area contributed by atoms with E-state index in [1.807, 2.05) is 42.7 Å². The second-order valence-electron chi connectivity index (χ2n) is 9.92. The van der Waals surface area contributed by atoms with E-state index in [2.05, 4.69) is 4.90 Å². The summed E-state index contributed by atoms with van der Waals surface area (Å²) >= 11 is 0. The van der Waals surface area contributed by atoms with Gasteiger partial charge >= 0.3 is 18.1 Å². The Hall–Kier alpha value is -2.97. The van der Waals surface area contributed by atoms with Gasteiger partial charge in [-0.15, -0.1) is 0 Å². The van der Waals surface area contributed by atoms with E-state index in [-0.39, 0.29) is 17.7 Å². The van der Waals surface area contributed by atoms with Crippen molar-refractivity contribution in [2.24, 2.45) is 11.8 Å². The van der Waals surface area contributed by atoms with Gasteiger partial charge in [0.1, 0.15) is 5.60 Å². The lowest BCUT2D eigenvalue weighted by Crippen LogP contribution is -2.54. The summed E-state index contributed by atoms with van der Waals surface area (Å²) in [5, 5.41) is 9.07. The Kier molecular flexibility index (Phi) is 5.92. The third-order valence-electron chi connectivity index (χ3n) is 6.44. The van der Waals surface area contributed by atoms with E-state index in [0.717, 1.165) is 31.9 Å². The number of hydrogen-bond donors (Lipinski definition) is 1. The van der Waals surface area contributed by atoms with Crippen molar-refractivity contribution in [1.82, 2.24) is 14.7 Å². The summed E-state index contributed by atoms with van der Waals surface area (Å²) in [6.45, 7) is 10.8. The molecule has 1 N–H and O–H groups in total. The molecule has 0 radical (unpaired) electrons. The number of ether oxygens (including phenoxy) is 1. The van der Waals surface area contributed by atoms with Gasteiger partial charge < -0.3 is 29.4 Å². The molecule has 1 aromatic rings. The van der Waals surface area contributed by atoms with E-state index in [0.29, 0.717) is 38.0 Å². The largest absolute Gasteiger partial charge is 0.478 e. The maximum Gasteiger partial charge on any atom is 0.410 e. The predicted octanol–water partition coefficient (Wildman–Crippen LogP) is 2.43. The molecule has 3 fully saturated rings. The van der Waals surface area contributed by atoms with Gasteiger partial charge in [-0.2, -0.15) is 0 Å². The lowest BCUT2D eigenvalue weighted by molar-refractivity contribution is 0.0159. The maximum atomic E-state index is 13.0. The molecule has 0 aliphatic carbocycles. The van der Waals surface area contributed by atoms with Crippen LogP contribution in [0.4, 0.5) is 15.3 Å². The second kappa shape index (κ2) is 8.52. The van der Waals surface area contributed by atoms with E-state index < -0.39 is 11.6 Å². The minimum absolute atomic E-state index is 0.0561. The molecule has 0 saturated carbocycles. The van der Waals surface area contributed by atoms with Crippen molar-refractivity contribution in [3.63, 3.8) is 0 Å². The molecular weight excluding hydrogens is 412 g/mol. The summed E-state index contributed by atoms with van der Waals surface area (Å²) < 4.78 is 5.43. The number of piperazine rings is 1. The predicted molar refractivity (Wildman–Crippen MR) is 119 cm³/mol. The van der Waals surface area contributed by atoms with E-state index in [1.165, 1.54) is 0 Å². The summed E-state index contributed by atoms with van der Waals surface area (Å²) in [6.07, 6.45) is -0.322. The number of carbonyl (C=O) groups excluding carboxylic acids is 2. The number of anilines is 1. The van der Waals surface area contributed by atoms with Crippen molar-refractivity contribution >= 4 is 23.8 Å². The molecule has 3 heterocycles. The van der Waals surface area contributed by atoms with Gasteiger partial charge in [0.05, 0.1) is 5.56 Å². The van der Waals surface area contributed by atoms with Crippen molar-refractivity contribution in [2.45, 2.75) is 26.4 Å². The van der Waals surface area contributed by atoms with Gasteiger partial charge in [-0.25, -0.2) is 14.4 Å². The Morgan fingerprint density at radius 3 is 1.88 bits per heavy atom. The number of fused-ring (bicyclic) bond motifs is 1. The van der Waals surface area contributed by atoms with Crippen LogP contribution in [-0.2, 0) is 4.74 Å². The first-order chi connectivity index (χ1) is 15.1. The molecule has 174 valence electrons. The van der Waals surface area contributed by atoms with Crippen LogP contribution in [-0.4, -0.2) is 95.9 Å².